The molecule has 0 aliphatic heterocycles. The van der Waals surface area contributed by atoms with Gasteiger partial charge in [-0.3, -0.25) is 0 Å². The molecule has 0 amide bonds. The predicted octanol–water partition coefficient (Wildman–Crippen LogP) is 3.67. The maximum Gasteiger partial charge on any atom is 0.305 e. The Morgan fingerprint density at radius 1 is 0.943 bits per heavy atom. The van der Waals surface area contributed by atoms with Gasteiger partial charge in [0.15, 0.2) is 0 Å². The highest BCUT2D eigenvalue weighted by atomic mass is 16.5. The van der Waals surface area contributed by atoms with E-state index in [4.69, 9.17) is 9.47 Å². The fraction of sp³-hybridized carbons (Fsp3) is 0.160. The van der Waals surface area contributed by atoms with Gasteiger partial charge in [-0.05, 0) is 40.3 Å². The van der Waals surface area contributed by atoms with Crippen molar-refractivity contribution in [3.8, 4) is 12.0 Å². The molecular weight excluding hydrogens is 444 g/mol. The van der Waals surface area contributed by atoms with E-state index in [1.807, 2.05) is 72.8 Å². The average molecular weight is 469 g/mol. The van der Waals surface area contributed by atoms with Crippen molar-refractivity contribution >= 4 is 16.9 Å². The van der Waals surface area contributed by atoms with Crippen molar-refractivity contribution in [3.05, 3.63) is 96.3 Å². The Morgan fingerprint density at radius 3 is 2.60 bits per heavy atom. The molecule has 0 aliphatic rings. The Hall–Kier alpha value is -4.57. The summed E-state index contributed by atoms with van der Waals surface area (Å²) in [7, 11) is 1.76. The Labute approximate surface area is 201 Å². The summed E-state index contributed by atoms with van der Waals surface area (Å²) in [6.45, 7) is 5.13. The van der Waals surface area contributed by atoms with E-state index in [1.54, 1.807) is 16.3 Å². The first-order valence-corrected chi connectivity index (χ1v) is 11.0. The zero-order valence-corrected chi connectivity index (χ0v) is 19.2. The summed E-state index contributed by atoms with van der Waals surface area (Å²) in [5.74, 6) is 1.16. The first-order valence-electron chi connectivity index (χ1n) is 11.0. The second-order valence-electron chi connectivity index (χ2n) is 7.83. The number of hydrogen-bond donors (Lipinski definition) is 1. The maximum atomic E-state index is 6.07. The van der Waals surface area contributed by atoms with Gasteiger partial charge in [-0.1, -0.05) is 60.2 Å². The van der Waals surface area contributed by atoms with Crippen LogP contribution in [0, 0.1) is 0 Å². The number of nitrogens with zero attached hydrogens (tertiary/aromatic N) is 7. The molecule has 0 radical (unpaired) electrons. The van der Waals surface area contributed by atoms with Crippen molar-refractivity contribution in [1.82, 2.24) is 34.7 Å². The van der Waals surface area contributed by atoms with Crippen LogP contribution >= 0.6 is 0 Å². The van der Waals surface area contributed by atoms with E-state index in [0.29, 0.717) is 36.7 Å². The van der Waals surface area contributed by atoms with E-state index >= 15 is 0 Å². The van der Waals surface area contributed by atoms with E-state index in [1.165, 1.54) is 0 Å². The van der Waals surface area contributed by atoms with Crippen molar-refractivity contribution in [3.63, 3.8) is 0 Å². The highest BCUT2D eigenvalue weighted by Crippen LogP contribution is 2.25. The number of aromatic nitrogens is 7. The fourth-order valence-electron chi connectivity index (χ4n) is 3.56. The number of benzene rings is 2. The smallest absolute Gasteiger partial charge is 0.305 e. The van der Waals surface area contributed by atoms with E-state index in [2.05, 4.69) is 37.4 Å². The van der Waals surface area contributed by atoms with Crippen molar-refractivity contribution in [2.24, 2.45) is 7.05 Å². The molecule has 5 aromatic rings. The number of fused-ring (bicyclic) bond motifs is 1. The molecule has 1 N–H and O–H groups in total. The Balaban J connectivity index is 1.24. The second-order valence-corrected chi connectivity index (χ2v) is 7.83. The third kappa shape index (κ3) is 5.17. The van der Waals surface area contributed by atoms with Gasteiger partial charge in [0.05, 0.1) is 29.9 Å². The summed E-state index contributed by atoms with van der Waals surface area (Å²) in [5.41, 5.74) is 4.17. The van der Waals surface area contributed by atoms with E-state index in [-0.39, 0.29) is 6.61 Å². The lowest BCUT2D eigenvalue weighted by Crippen LogP contribution is -2.10. The second kappa shape index (κ2) is 10.1. The maximum absolute atomic E-state index is 6.07. The van der Waals surface area contributed by atoms with Crippen LogP contribution in [-0.4, -0.2) is 41.3 Å². The topological polar surface area (TPSA) is 105 Å². The zero-order valence-electron chi connectivity index (χ0n) is 19.2. The molecule has 10 nitrogen and oxygen atoms in total. The largest absolute Gasteiger partial charge is 0.458 e. The predicted molar refractivity (Wildman–Crippen MR) is 131 cm³/mol. The van der Waals surface area contributed by atoms with Crippen molar-refractivity contribution in [2.45, 2.75) is 13.2 Å². The summed E-state index contributed by atoms with van der Waals surface area (Å²) in [6.07, 6.45) is 0. The van der Waals surface area contributed by atoms with Gasteiger partial charge in [0.1, 0.15) is 12.4 Å². The van der Waals surface area contributed by atoms with Crippen LogP contribution in [0.1, 0.15) is 11.3 Å². The van der Waals surface area contributed by atoms with E-state index < -0.39 is 0 Å². The molecule has 0 saturated carbocycles. The SMILES string of the molecule is C=C(COCc1ccccc1)Nc1cccc(COc2nc3ccccc3n2-c2nnnn2C)n1. The Kier molecular flexibility index (Phi) is 6.44. The number of ether oxygens (including phenoxy) is 2. The molecular formula is C25H24N8O2. The molecule has 0 fully saturated rings. The minimum absolute atomic E-state index is 0.209. The lowest BCUT2D eigenvalue weighted by Gasteiger charge is -2.11. The van der Waals surface area contributed by atoms with Gasteiger partial charge in [0.2, 0.25) is 0 Å². The van der Waals surface area contributed by atoms with Crippen LogP contribution in [0.2, 0.25) is 0 Å². The molecule has 35 heavy (non-hydrogen) atoms. The number of aryl methyl sites for hydroxylation is 1. The number of para-hydroxylation sites is 2. The van der Waals surface area contributed by atoms with Gasteiger partial charge < -0.3 is 14.8 Å². The monoisotopic (exact) mass is 468 g/mol. The van der Waals surface area contributed by atoms with Crippen LogP contribution in [0.3, 0.4) is 0 Å². The molecule has 0 aliphatic carbocycles. The summed E-state index contributed by atoms with van der Waals surface area (Å²) in [5, 5.41) is 15.0. The molecule has 0 saturated heterocycles. The Bertz CT molecular complexity index is 1440. The van der Waals surface area contributed by atoms with Crippen molar-refractivity contribution < 1.29 is 9.47 Å². The van der Waals surface area contributed by atoms with Gasteiger partial charge in [-0.25, -0.2) is 14.2 Å². The number of pyridine rings is 1. The molecule has 10 heteroatoms. The van der Waals surface area contributed by atoms with Gasteiger partial charge >= 0.3 is 6.01 Å². The van der Waals surface area contributed by atoms with Crippen LogP contribution in [0.15, 0.2) is 85.1 Å². The quantitative estimate of drug-likeness (QED) is 0.331. The van der Waals surface area contributed by atoms with Crippen molar-refractivity contribution in [1.29, 1.82) is 0 Å². The lowest BCUT2D eigenvalue weighted by molar-refractivity contribution is 0.143. The number of nitrogens with one attached hydrogen (secondary N) is 1. The summed E-state index contributed by atoms with van der Waals surface area (Å²) >= 11 is 0. The molecule has 0 bridgehead atoms. The van der Waals surface area contributed by atoms with Crippen molar-refractivity contribution in [2.75, 3.05) is 11.9 Å². The molecule has 176 valence electrons. The third-order valence-electron chi connectivity index (χ3n) is 5.18. The highest BCUT2D eigenvalue weighted by molar-refractivity contribution is 5.78. The number of anilines is 1. The fourth-order valence-corrected chi connectivity index (χ4v) is 3.56. The number of tetrazole rings is 1. The summed E-state index contributed by atoms with van der Waals surface area (Å²) in [4.78, 5) is 9.24. The van der Waals surface area contributed by atoms with Crippen LogP contribution in [0.25, 0.3) is 17.0 Å². The Morgan fingerprint density at radius 2 is 1.77 bits per heavy atom. The van der Waals surface area contributed by atoms with Gasteiger partial charge in [0, 0.05) is 12.7 Å². The van der Waals surface area contributed by atoms with E-state index in [9.17, 15) is 0 Å². The molecule has 0 atom stereocenters. The van der Waals surface area contributed by atoms with Crippen LogP contribution < -0.4 is 10.1 Å². The first-order chi connectivity index (χ1) is 17.2. The van der Waals surface area contributed by atoms with Gasteiger partial charge in [0.25, 0.3) is 5.95 Å². The number of imidazole rings is 1. The van der Waals surface area contributed by atoms with E-state index in [0.717, 1.165) is 22.3 Å². The third-order valence-corrected chi connectivity index (χ3v) is 5.18. The zero-order chi connectivity index (χ0) is 24.0. The standard InChI is InChI=1S/C25H24N8O2/c1-18(15-34-16-19-9-4-3-5-10-19)26-23-14-8-11-20(27-23)17-35-25-28-21-12-6-7-13-22(21)33(25)24-29-30-31-32(24)2/h3-14H,1,15-17H2,2H3,(H,26,27). The summed E-state index contributed by atoms with van der Waals surface area (Å²) < 4.78 is 15.1. The number of rotatable bonds is 10. The first kappa shape index (κ1) is 22.2. The highest BCUT2D eigenvalue weighted by Gasteiger charge is 2.18. The molecule has 3 heterocycles. The normalized spacial score (nSPS) is 11.0. The minimum atomic E-state index is 0.209. The molecule has 0 spiro atoms. The van der Waals surface area contributed by atoms with Gasteiger partial charge in [-0.2, -0.15) is 4.98 Å². The number of hydrogen-bond acceptors (Lipinski definition) is 8. The average Bonchev–Trinajstić information content (AvgIpc) is 3.46. The molecule has 3 aromatic heterocycles. The molecule has 2 aromatic carbocycles. The molecule has 5 rings (SSSR count). The molecule has 0 unspecified atom stereocenters. The lowest BCUT2D eigenvalue weighted by atomic mass is 10.2. The van der Waals surface area contributed by atoms with Crippen LogP contribution in [0.5, 0.6) is 6.01 Å². The van der Waals surface area contributed by atoms with Crippen LogP contribution in [-0.2, 0) is 25.0 Å². The van der Waals surface area contributed by atoms with Crippen LogP contribution in [0.4, 0.5) is 5.82 Å². The van der Waals surface area contributed by atoms with Gasteiger partial charge in [-0.15, -0.1) is 0 Å². The minimum Gasteiger partial charge on any atom is -0.458 e. The summed E-state index contributed by atoms with van der Waals surface area (Å²) in [6, 6.07) is 23.8.